The van der Waals surface area contributed by atoms with E-state index in [1.54, 1.807) is 6.20 Å². The molecule has 0 unspecified atom stereocenters. The van der Waals surface area contributed by atoms with E-state index in [2.05, 4.69) is 20.3 Å². The summed E-state index contributed by atoms with van der Waals surface area (Å²) in [5.74, 6) is 0.327. The highest BCUT2D eigenvalue weighted by Crippen LogP contribution is 2.05. The maximum atomic E-state index is 12.1. The van der Waals surface area contributed by atoms with Crippen LogP contribution in [0.2, 0.25) is 0 Å². The predicted octanol–water partition coefficient (Wildman–Crippen LogP) is 2.00. The highest BCUT2D eigenvalue weighted by molar-refractivity contribution is 5.26. The molecule has 0 radical (unpaired) electrons. The molecule has 0 amide bonds. The zero-order valence-electron chi connectivity index (χ0n) is 12.8. The molecule has 116 valence electrons. The van der Waals surface area contributed by atoms with E-state index in [9.17, 15) is 4.79 Å². The quantitative estimate of drug-likeness (QED) is 0.780. The van der Waals surface area contributed by atoms with Crippen molar-refractivity contribution >= 4 is 5.95 Å². The zero-order valence-corrected chi connectivity index (χ0v) is 12.8. The van der Waals surface area contributed by atoms with Crippen LogP contribution < -0.4 is 11.0 Å². The number of nitrogens with zero attached hydrogens (tertiary/aromatic N) is 4. The van der Waals surface area contributed by atoms with E-state index in [0.717, 1.165) is 16.8 Å². The van der Waals surface area contributed by atoms with E-state index >= 15 is 0 Å². The Bertz CT molecular complexity index is 845. The molecular weight excluding hydrogens is 290 g/mol. The molecular formula is C17H17N5O. The van der Waals surface area contributed by atoms with Crippen molar-refractivity contribution in [3.05, 3.63) is 82.3 Å². The molecule has 0 spiro atoms. The van der Waals surface area contributed by atoms with Crippen molar-refractivity contribution in [2.75, 3.05) is 5.32 Å². The molecule has 2 heterocycles. The summed E-state index contributed by atoms with van der Waals surface area (Å²) in [6, 6.07) is 13.7. The number of benzene rings is 1. The minimum atomic E-state index is -0.347. The number of anilines is 1. The van der Waals surface area contributed by atoms with Crippen molar-refractivity contribution in [1.82, 2.24) is 19.5 Å². The van der Waals surface area contributed by atoms with Crippen LogP contribution in [0.15, 0.2) is 59.8 Å². The third kappa shape index (κ3) is 3.79. The van der Waals surface area contributed by atoms with Crippen LogP contribution in [0.5, 0.6) is 0 Å². The summed E-state index contributed by atoms with van der Waals surface area (Å²) in [5, 5.41) is 3.05. The van der Waals surface area contributed by atoms with Gasteiger partial charge in [0, 0.05) is 12.7 Å². The molecule has 0 aliphatic carbocycles. The highest BCUT2D eigenvalue weighted by atomic mass is 16.1. The van der Waals surface area contributed by atoms with Crippen LogP contribution in [0.3, 0.4) is 0 Å². The fraction of sp³-hybridized carbons (Fsp3) is 0.176. The molecule has 2 aromatic heterocycles. The molecule has 0 aliphatic heterocycles. The largest absolute Gasteiger partial charge is 0.352 e. The number of hydrogen-bond acceptors (Lipinski definition) is 5. The van der Waals surface area contributed by atoms with Crippen molar-refractivity contribution in [2.45, 2.75) is 20.0 Å². The number of aryl methyl sites for hydroxylation is 1. The van der Waals surface area contributed by atoms with Crippen molar-refractivity contribution < 1.29 is 0 Å². The minimum Gasteiger partial charge on any atom is -0.350 e. The fourth-order valence-corrected chi connectivity index (χ4v) is 2.17. The predicted molar refractivity (Wildman–Crippen MR) is 88.1 cm³/mol. The van der Waals surface area contributed by atoms with Gasteiger partial charge < -0.3 is 5.32 Å². The molecule has 0 atom stereocenters. The van der Waals surface area contributed by atoms with Crippen molar-refractivity contribution in [2.24, 2.45) is 0 Å². The normalized spacial score (nSPS) is 10.5. The minimum absolute atomic E-state index is 0.327. The lowest BCUT2D eigenvalue weighted by Crippen LogP contribution is -2.25. The summed E-state index contributed by atoms with van der Waals surface area (Å²) in [7, 11) is 0. The van der Waals surface area contributed by atoms with Gasteiger partial charge in [-0.3, -0.25) is 9.55 Å². The van der Waals surface area contributed by atoms with Gasteiger partial charge in [-0.05, 0) is 24.1 Å². The van der Waals surface area contributed by atoms with Crippen LogP contribution in [0.1, 0.15) is 16.8 Å². The lowest BCUT2D eigenvalue weighted by atomic mass is 10.2. The summed E-state index contributed by atoms with van der Waals surface area (Å²) in [6.45, 7) is 2.90. The van der Waals surface area contributed by atoms with Crippen molar-refractivity contribution in [1.29, 1.82) is 0 Å². The Balaban J connectivity index is 1.71. The smallest absolute Gasteiger partial charge is 0.350 e. The number of aromatic nitrogens is 4. The van der Waals surface area contributed by atoms with Crippen LogP contribution in [0, 0.1) is 6.92 Å². The van der Waals surface area contributed by atoms with Gasteiger partial charge in [0.25, 0.3) is 0 Å². The van der Waals surface area contributed by atoms with Crippen LogP contribution in [0.25, 0.3) is 0 Å². The molecule has 0 fully saturated rings. The number of nitrogens with one attached hydrogen (secondary N) is 1. The van der Waals surface area contributed by atoms with Gasteiger partial charge in [0.1, 0.15) is 6.33 Å². The van der Waals surface area contributed by atoms with Crippen LogP contribution in [-0.2, 0) is 13.1 Å². The molecule has 0 saturated heterocycles. The Labute approximate surface area is 133 Å². The van der Waals surface area contributed by atoms with Gasteiger partial charge in [0.05, 0.1) is 12.2 Å². The maximum Gasteiger partial charge on any atom is 0.352 e. The van der Waals surface area contributed by atoms with Gasteiger partial charge in [0.2, 0.25) is 5.95 Å². The van der Waals surface area contributed by atoms with E-state index in [0.29, 0.717) is 19.0 Å². The van der Waals surface area contributed by atoms with E-state index in [1.807, 2.05) is 49.4 Å². The molecule has 0 saturated carbocycles. The van der Waals surface area contributed by atoms with Gasteiger partial charge >= 0.3 is 5.69 Å². The summed E-state index contributed by atoms with van der Waals surface area (Å²) in [4.78, 5) is 24.6. The number of hydrogen-bond donors (Lipinski definition) is 1. The van der Waals surface area contributed by atoms with Crippen LogP contribution in [-0.4, -0.2) is 19.5 Å². The topological polar surface area (TPSA) is 72.7 Å². The molecule has 1 N–H and O–H groups in total. The third-order valence-corrected chi connectivity index (χ3v) is 3.50. The Morgan fingerprint density at radius 3 is 2.65 bits per heavy atom. The summed E-state index contributed by atoms with van der Waals surface area (Å²) < 4.78 is 1.45. The van der Waals surface area contributed by atoms with Gasteiger partial charge in [0.15, 0.2) is 0 Å². The van der Waals surface area contributed by atoms with Crippen molar-refractivity contribution in [3.63, 3.8) is 0 Å². The Morgan fingerprint density at radius 2 is 1.91 bits per heavy atom. The van der Waals surface area contributed by atoms with E-state index in [-0.39, 0.29) is 5.69 Å². The van der Waals surface area contributed by atoms with Crippen LogP contribution in [0.4, 0.5) is 5.95 Å². The van der Waals surface area contributed by atoms with Gasteiger partial charge in [-0.1, -0.05) is 36.4 Å². The molecule has 3 rings (SSSR count). The monoisotopic (exact) mass is 307 g/mol. The molecule has 1 aromatic carbocycles. The Kier molecular flexibility index (Phi) is 4.42. The molecule has 0 aliphatic rings. The number of pyridine rings is 1. The van der Waals surface area contributed by atoms with E-state index in [1.165, 1.54) is 10.9 Å². The van der Waals surface area contributed by atoms with E-state index in [4.69, 9.17) is 0 Å². The molecule has 0 bridgehead atoms. The second-order valence-electron chi connectivity index (χ2n) is 5.20. The lowest BCUT2D eigenvalue weighted by molar-refractivity contribution is 0.684. The standard InChI is InChI=1S/C17H17N5O/c1-13-6-5-9-18-15(13)11-22-12-20-16(21-17(22)23)19-10-14-7-3-2-4-8-14/h2-9,12H,10-11H2,1H3,(H,19,21,23). The van der Waals surface area contributed by atoms with Crippen molar-refractivity contribution in [3.8, 4) is 0 Å². The Morgan fingerprint density at radius 1 is 1.09 bits per heavy atom. The molecule has 23 heavy (non-hydrogen) atoms. The lowest BCUT2D eigenvalue weighted by Gasteiger charge is -2.08. The van der Waals surface area contributed by atoms with Gasteiger partial charge in [-0.25, -0.2) is 9.78 Å². The first-order chi connectivity index (χ1) is 11.2. The fourth-order valence-electron chi connectivity index (χ4n) is 2.17. The summed E-state index contributed by atoms with van der Waals surface area (Å²) >= 11 is 0. The summed E-state index contributed by atoms with van der Waals surface area (Å²) in [5.41, 5.74) is 2.62. The molecule has 6 nitrogen and oxygen atoms in total. The zero-order chi connectivity index (χ0) is 16.1. The first kappa shape index (κ1) is 14.9. The van der Waals surface area contributed by atoms with Gasteiger partial charge in [-0.2, -0.15) is 4.98 Å². The van der Waals surface area contributed by atoms with Crippen LogP contribution >= 0.6 is 0 Å². The molecule has 6 heteroatoms. The SMILES string of the molecule is Cc1cccnc1Cn1cnc(NCc2ccccc2)nc1=O. The number of rotatable bonds is 5. The average Bonchev–Trinajstić information content (AvgIpc) is 2.58. The third-order valence-electron chi connectivity index (χ3n) is 3.50. The Hall–Kier alpha value is -3.02. The van der Waals surface area contributed by atoms with E-state index < -0.39 is 0 Å². The second kappa shape index (κ2) is 6.83. The maximum absolute atomic E-state index is 12.1. The molecule has 3 aromatic rings. The first-order valence-corrected chi connectivity index (χ1v) is 7.34. The van der Waals surface area contributed by atoms with Gasteiger partial charge in [-0.15, -0.1) is 0 Å². The highest BCUT2D eigenvalue weighted by Gasteiger charge is 2.05. The average molecular weight is 307 g/mol. The summed E-state index contributed by atoms with van der Waals surface area (Å²) in [6.07, 6.45) is 3.21. The first-order valence-electron chi connectivity index (χ1n) is 7.34. The second-order valence-corrected chi connectivity index (χ2v) is 5.20.